The highest BCUT2D eigenvalue weighted by Gasteiger charge is 2.35. The van der Waals surface area contributed by atoms with E-state index < -0.39 is 17.8 Å². The number of halogens is 1. The number of carbonyl (C=O) groups excluding carboxylic acids is 3. The zero-order valence-electron chi connectivity index (χ0n) is 17.8. The smallest absolute Gasteiger partial charge is 0.251 e. The molecule has 0 unspecified atom stereocenters. The van der Waals surface area contributed by atoms with Crippen molar-refractivity contribution in [3.05, 3.63) is 35.6 Å². The molecular weight excluding hydrogens is 373 g/mol. The van der Waals surface area contributed by atoms with Crippen LogP contribution in [0.3, 0.4) is 0 Å². The zero-order chi connectivity index (χ0) is 21.6. The number of carbonyl (C=O) groups is 3. The van der Waals surface area contributed by atoms with Crippen LogP contribution in [0, 0.1) is 17.7 Å². The van der Waals surface area contributed by atoms with Crippen LogP contribution in [-0.4, -0.2) is 59.7 Å². The molecule has 29 heavy (non-hydrogen) atoms. The maximum atomic E-state index is 13.2. The lowest BCUT2D eigenvalue weighted by Gasteiger charge is -2.38. The van der Waals surface area contributed by atoms with Crippen LogP contribution in [0.1, 0.15) is 50.9 Å². The van der Waals surface area contributed by atoms with Crippen molar-refractivity contribution in [3.8, 4) is 0 Å². The predicted molar refractivity (Wildman–Crippen MR) is 110 cm³/mol. The minimum Gasteiger partial charge on any atom is -0.342 e. The minimum atomic E-state index is -0.663. The Bertz CT molecular complexity index is 709. The SMILES string of the molecule is CCN(CC)C(=O)[C@@H](NC(=O)c1ccc(F)cc1)C1CCN(C(=O)C(C)C)CC1. The number of hydrogen-bond donors (Lipinski definition) is 1. The van der Waals surface area contributed by atoms with Crippen molar-refractivity contribution in [3.63, 3.8) is 0 Å². The highest BCUT2D eigenvalue weighted by Crippen LogP contribution is 2.24. The van der Waals surface area contributed by atoms with Gasteiger partial charge in [0.15, 0.2) is 0 Å². The van der Waals surface area contributed by atoms with Gasteiger partial charge in [0.1, 0.15) is 11.9 Å². The van der Waals surface area contributed by atoms with Gasteiger partial charge >= 0.3 is 0 Å². The topological polar surface area (TPSA) is 69.7 Å². The number of nitrogens with one attached hydrogen (secondary N) is 1. The van der Waals surface area contributed by atoms with E-state index in [4.69, 9.17) is 0 Å². The molecule has 160 valence electrons. The predicted octanol–water partition coefficient (Wildman–Crippen LogP) is 2.69. The monoisotopic (exact) mass is 405 g/mol. The van der Waals surface area contributed by atoms with E-state index in [0.29, 0.717) is 44.6 Å². The highest BCUT2D eigenvalue weighted by molar-refractivity contribution is 5.97. The molecular formula is C22H32FN3O3. The summed E-state index contributed by atoms with van der Waals surface area (Å²) in [4.78, 5) is 41.6. The number of likely N-dealkylation sites (N-methyl/N-ethyl adjacent to an activating group) is 1. The Morgan fingerprint density at radius 1 is 1.10 bits per heavy atom. The molecule has 1 aromatic rings. The van der Waals surface area contributed by atoms with Gasteiger partial charge in [-0.25, -0.2) is 4.39 Å². The fourth-order valence-corrected chi connectivity index (χ4v) is 3.76. The third-order valence-electron chi connectivity index (χ3n) is 5.55. The number of nitrogens with zero attached hydrogens (tertiary/aromatic N) is 2. The molecule has 0 radical (unpaired) electrons. The van der Waals surface area contributed by atoms with Crippen LogP contribution < -0.4 is 5.32 Å². The van der Waals surface area contributed by atoms with Gasteiger partial charge in [0.2, 0.25) is 11.8 Å². The van der Waals surface area contributed by atoms with Crippen molar-refractivity contribution in [1.29, 1.82) is 0 Å². The number of likely N-dealkylation sites (tertiary alicyclic amines) is 1. The van der Waals surface area contributed by atoms with Crippen LogP contribution in [0.15, 0.2) is 24.3 Å². The largest absolute Gasteiger partial charge is 0.342 e. The first kappa shape index (κ1) is 22.8. The average Bonchev–Trinajstić information content (AvgIpc) is 2.72. The van der Waals surface area contributed by atoms with Gasteiger partial charge < -0.3 is 15.1 Å². The number of hydrogen-bond acceptors (Lipinski definition) is 3. The number of benzene rings is 1. The van der Waals surface area contributed by atoms with Crippen molar-refractivity contribution in [2.45, 2.75) is 46.6 Å². The summed E-state index contributed by atoms with van der Waals surface area (Å²) in [5.74, 6) is -0.915. The molecule has 1 aliphatic heterocycles. The summed E-state index contributed by atoms with van der Waals surface area (Å²) < 4.78 is 13.2. The van der Waals surface area contributed by atoms with Crippen molar-refractivity contribution in [2.75, 3.05) is 26.2 Å². The third-order valence-corrected chi connectivity index (χ3v) is 5.55. The Hall–Kier alpha value is -2.44. The van der Waals surface area contributed by atoms with E-state index in [0.717, 1.165) is 0 Å². The number of piperidine rings is 1. The molecule has 6 nitrogen and oxygen atoms in total. The minimum absolute atomic E-state index is 0.0521. The Morgan fingerprint density at radius 2 is 1.66 bits per heavy atom. The second-order valence-corrected chi connectivity index (χ2v) is 7.79. The standard InChI is InChI=1S/C22H32FN3O3/c1-5-25(6-2)22(29)19(24-20(27)17-7-9-18(23)10-8-17)16-11-13-26(14-12-16)21(28)15(3)4/h7-10,15-16,19H,5-6,11-14H2,1-4H3,(H,24,27)/t19-/m0/s1. The van der Waals surface area contributed by atoms with Gasteiger partial charge in [-0.1, -0.05) is 13.8 Å². The van der Waals surface area contributed by atoms with Crippen molar-refractivity contribution in [1.82, 2.24) is 15.1 Å². The van der Waals surface area contributed by atoms with Gasteiger partial charge in [-0.15, -0.1) is 0 Å². The first-order valence-electron chi connectivity index (χ1n) is 10.4. The molecule has 1 atom stereocenters. The Balaban J connectivity index is 2.15. The molecule has 7 heteroatoms. The van der Waals surface area contributed by atoms with Crippen LogP contribution in [0.4, 0.5) is 4.39 Å². The van der Waals surface area contributed by atoms with Crippen molar-refractivity contribution >= 4 is 17.7 Å². The highest BCUT2D eigenvalue weighted by atomic mass is 19.1. The third kappa shape index (κ3) is 5.78. The first-order chi connectivity index (χ1) is 13.8. The summed E-state index contributed by atoms with van der Waals surface area (Å²) in [6.07, 6.45) is 1.31. The molecule has 0 saturated carbocycles. The summed E-state index contributed by atoms with van der Waals surface area (Å²) >= 11 is 0. The van der Waals surface area contributed by atoms with Crippen molar-refractivity contribution in [2.24, 2.45) is 11.8 Å². The van der Waals surface area contributed by atoms with Crippen LogP contribution in [0.25, 0.3) is 0 Å². The Labute approximate surface area is 172 Å². The molecule has 1 aliphatic rings. The summed E-state index contributed by atoms with van der Waals surface area (Å²) in [6.45, 7) is 9.85. The maximum absolute atomic E-state index is 13.2. The summed E-state index contributed by atoms with van der Waals surface area (Å²) in [5.41, 5.74) is 0.316. The van der Waals surface area contributed by atoms with Crippen LogP contribution in [0.5, 0.6) is 0 Å². The molecule has 1 saturated heterocycles. The van der Waals surface area contributed by atoms with E-state index in [-0.39, 0.29) is 23.7 Å². The van der Waals surface area contributed by atoms with Gasteiger partial charge in [-0.3, -0.25) is 14.4 Å². The zero-order valence-corrected chi connectivity index (χ0v) is 17.8. The van der Waals surface area contributed by atoms with Crippen LogP contribution in [0.2, 0.25) is 0 Å². The average molecular weight is 406 g/mol. The first-order valence-corrected chi connectivity index (χ1v) is 10.4. The van der Waals surface area contributed by atoms with E-state index in [1.807, 2.05) is 32.6 Å². The summed E-state index contributed by atoms with van der Waals surface area (Å²) in [5, 5.41) is 2.88. The van der Waals surface area contributed by atoms with Crippen LogP contribution in [-0.2, 0) is 9.59 Å². The molecule has 1 fully saturated rings. The summed E-state index contributed by atoms with van der Waals surface area (Å²) in [7, 11) is 0. The second-order valence-electron chi connectivity index (χ2n) is 7.79. The molecule has 2 rings (SSSR count). The second kappa shape index (κ2) is 10.4. The molecule has 0 aromatic heterocycles. The number of rotatable bonds is 7. The molecule has 0 bridgehead atoms. The molecule has 1 aromatic carbocycles. The van der Waals surface area contributed by atoms with Crippen molar-refractivity contribution < 1.29 is 18.8 Å². The lowest BCUT2D eigenvalue weighted by Crippen LogP contribution is -2.55. The lowest BCUT2D eigenvalue weighted by atomic mass is 9.87. The molecule has 0 spiro atoms. The van der Waals surface area contributed by atoms with Gasteiger partial charge in [0, 0.05) is 37.7 Å². The Morgan fingerprint density at radius 3 is 2.14 bits per heavy atom. The maximum Gasteiger partial charge on any atom is 0.251 e. The van der Waals surface area contributed by atoms with E-state index in [1.54, 1.807) is 4.90 Å². The van der Waals surface area contributed by atoms with E-state index in [2.05, 4.69) is 5.32 Å². The Kier molecular flexibility index (Phi) is 8.17. The fourth-order valence-electron chi connectivity index (χ4n) is 3.76. The van der Waals surface area contributed by atoms with Gasteiger partial charge in [0.05, 0.1) is 0 Å². The van der Waals surface area contributed by atoms with E-state index in [9.17, 15) is 18.8 Å². The van der Waals surface area contributed by atoms with E-state index >= 15 is 0 Å². The summed E-state index contributed by atoms with van der Waals surface area (Å²) in [6, 6.07) is 4.61. The molecule has 1 N–H and O–H groups in total. The molecule has 1 heterocycles. The fraction of sp³-hybridized carbons (Fsp3) is 0.591. The normalized spacial score (nSPS) is 15.9. The van der Waals surface area contributed by atoms with Gasteiger partial charge in [-0.2, -0.15) is 0 Å². The number of amides is 3. The quantitative estimate of drug-likeness (QED) is 0.758. The van der Waals surface area contributed by atoms with Crippen LogP contribution >= 0.6 is 0 Å². The molecule has 3 amide bonds. The lowest BCUT2D eigenvalue weighted by molar-refractivity contribution is -0.137. The van der Waals surface area contributed by atoms with Gasteiger partial charge in [-0.05, 0) is 56.9 Å². The van der Waals surface area contributed by atoms with Gasteiger partial charge in [0.25, 0.3) is 5.91 Å². The molecule has 0 aliphatic carbocycles. The van der Waals surface area contributed by atoms with E-state index in [1.165, 1.54) is 24.3 Å².